The molecular weight excluding hydrogens is 473 g/mol. The first-order chi connectivity index (χ1) is 17.9. The third-order valence-electron chi connectivity index (χ3n) is 7.57. The van der Waals surface area contributed by atoms with Crippen LogP contribution in [-0.2, 0) is 19.5 Å². The summed E-state index contributed by atoms with van der Waals surface area (Å²) in [6, 6.07) is 8.75. The number of benzene rings is 2. The second-order valence-corrected chi connectivity index (χ2v) is 9.72. The van der Waals surface area contributed by atoms with Gasteiger partial charge >= 0.3 is 6.03 Å². The zero-order valence-electron chi connectivity index (χ0n) is 21.0. The first-order valence-electron chi connectivity index (χ1n) is 12.8. The van der Waals surface area contributed by atoms with E-state index in [1.165, 1.54) is 12.1 Å². The number of aryl methyl sites for hydroxylation is 1. The minimum Gasteiger partial charge on any atom is -0.505 e. The van der Waals surface area contributed by atoms with E-state index in [9.17, 15) is 14.3 Å². The van der Waals surface area contributed by atoms with Crippen molar-refractivity contribution in [3.63, 3.8) is 0 Å². The number of nitrogens with zero attached hydrogens (tertiary/aromatic N) is 5. The van der Waals surface area contributed by atoms with Gasteiger partial charge in [0.2, 0.25) is 0 Å². The van der Waals surface area contributed by atoms with Crippen molar-refractivity contribution in [1.29, 1.82) is 0 Å². The zero-order valence-corrected chi connectivity index (χ0v) is 21.0. The molecule has 0 radical (unpaired) electrons. The van der Waals surface area contributed by atoms with Crippen molar-refractivity contribution in [2.45, 2.75) is 33.4 Å². The summed E-state index contributed by atoms with van der Waals surface area (Å²) in [6.45, 7) is 9.47. The molecule has 2 amide bonds. The van der Waals surface area contributed by atoms with Crippen LogP contribution in [0.2, 0.25) is 0 Å². The largest absolute Gasteiger partial charge is 0.505 e. The summed E-state index contributed by atoms with van der Waals surface area (Å²) in [5, 5.41) is 18.2. The number of nitrogens with one attached hydrogen (secondary N) is 2. The Bertz CT molecular complexity index is 1460. The van der Waals surface area contributed by atoms with E-state index < -0.39 is 5.82 Å². The number of phenolic OH excluding ortho intramolecular Hbond substituents is 1. The molecule has 4 aromatic rings. The number of hydrogen-bond donors (Lipinski definition) is 3. The number of aromatic amines is 2. The Labute approximate surface area is 213 Å². The fourth-order valence-electron chi connectivity index (χ4n) is 5.37. The Morgan fingerprint density at radius 1 is 1.08 bits per heavy atom. The molecule has 6 rings (SSSR count). The molecule has 4 heterocycles. The molecule has 3 N–H and O–H groups in total. The van der Waals surface area contributed by atoms with E-state index in [2.05, 4.69) is 27.0 Å². The smallest absolute Gasteiger partial charge is 0.320 e. The fraction of sp³-hybridized carbons (Fsp3) is 0.370. The van der Waals surface area contributed by atoms with Crippen molar-refractivity contribution >= 4 is 16.9 Å². The van der Waals surface area contributed by atoms with Gasteiger partial charge in [-0.05, 0) is 53.9 Å². The summed E-state index contributed by atoms with van der Waals surface area (Å²) < 4.78 is 14.1. The van der Waals surface area contributed by atoms with Crippen LogP contribution in [0.4, 0.5) is 9.18 Å². The minimum atomic E-state index is -0.640. The van der Waals surface area contributed by atoms with Gasteiger partial charge in [-0.15, -0.1) is 0 Å². The molecule has 1 fully saturated rings. The van der Waals surface area contributed by atoms with Gasteiger partial charge in [0.25, 0.3) is 0 Å². The van der Waals surface area contributed by atoms with Crippen molar-refractivity contribution in [3.05, 3.63) is 53.1 Å². The average Bonchev–Trinajstić information content (AvgIpc) is 3.62. The van der Waals surface area contributed by atoms with Gasteiger partial charge in [-0.25, -0.2) is 14.2 Å². The minimum absolute atomic E-state index is 0.0681. The normalized spacial score (nSPS) is 16.1. The van der Waals surface area contributed by atoms with Crippen LogP contribution in [0.5, 0.6) is 5.75 Å². The number of halogens is 1. The summed E-state index contributed by atoms with van der Waals surface area (Å²) >= 11 is 0. The van der Waals surface area contributed by atoms with E-state index in [0.717, 1.165) is 71.7 Å². The molecular formula is C27H30FN7O2. The van der Waals surface area contributed by atoms with Crippen molar-refractivity contribution in [2.75, 3.05) is 32.7 Å². The van der Waals surface area contributed by atoms with E-state index >= 15 is 0 Å². The maximum atomic E-state index is 14.1. The highest BCUT2D eigenvalue weighted by molar-refractivity contribution is 5.94. The van der Waals surface area contributed by atoms with Crippen molar-refractivity contribution in [3.8, 4) is 28.4 Å². The van der Waals surface area contributed by atoms with Crippen LogP contribution >= 0.6 is 0 Å². The van der Waals surface area contributed by atoms with Gasteiger partial charge in [0, 0.05) is 31.6 Å². The lowest BCUT2D eigenvalue weighted by Gasteiger charge is -2.36. The van der Waals surface area contributed by atoms with Crippen molar-refractivity contribution in [1.82, 2.24) is 34.9 Å². The quantitative estimate of drug-likeness (QED) is 0.389. The number of piperazine rings is 1. The zero-order chi connectivity index (χ0) is 25.7. The van der Waals surface area contributed by atoms with E-state index in [1.807, 2.05) is 34.9 Å². The van der Waals surface area contributed by atoms with E-state index in [-0.39, 0.29) is 11.8 Å². The van der Waals surface area contributed by atoms with Crippen molar-refractivity contribution in [2.24, 2.45) is 0 Å². The highest BCUT2D eigenvalue weighted by Gasteiger charge is 2.32. The summed E-state index contributed by atoms with van der Waals surface area (Å²) in [7, 11) is 0. The first-order valence-corrected chi connectivity index (χ1v) is 12.8. The number of H-pyrrole nitrogens is 2. The van der Waals surface area contributed by atoms with Crippen LogP contribution in [0, 0.1) is 5.82 Å². The van der Waals surface area contributed by atoms with Crippen LogP contribution in [-0.4, -0.2) is 78.7 Å². The molecule has 0 spiro atoms. The van der Waals surface area contributed by atoms with Gasteiger partial charge in [0.1, 0.15) is 5.69 Å². The maximum Gasteiger partial charge on any atom is 0.320 e. The Hall–Kier alpha value is -3.92. The molecule has 9 nitrogen and oxygen atoms in total. The molecule has 0 unspecified atom stereocenters. The van der Waals surface area contributed by atoms with Crippen LogP contribution < -0.4 is 0 Å². The molecule has 10 heteroatoms. The second-order valence-electron chi connectivity index (χ2n) is 9.72. The molecule has 1 saturated heterocycles. The topological polar surface area (TPSA) is 104 Å². The SMILES string of the molecule is CCc1cc(O)c(F)cc1-c1ccc2c(-c3nc4c([nH]3)CN(C(=O)N3CCN(CC)CC3)C4)n[nH]c2c1. The predicted molar refractivity (Wildman–Crippen MR) is 138 cm³/mol. The summed E-state index contributed by atoms with van der Waals surface area (Å²) in [5.74, 6) is -0.313. The van der Waals surface area contributed by atoms with Crippen LogP contribution in [0.25, 0.3) is 33.5 Å². The van der Waals surface area contributed by atoms with Crippen LogP contribution in [0.15, 0.2) is 30.3 Å². The number of aromatic nitrogens is 4. The molecule has 0 bridgehead atoms. The summed E-state index contributed by atoms with van der Waals surface area (Å²) in [5.41, 5.74) is 5.78. The van der Waals surface area contributed by atoms with E-state index in [4.69, 9.17) is 4.98 Å². The molecule has 2 aliphatic rings. The third-order valence-corrected chi connectivity index (χ3v) is 7.57. The lowest BCUT2D eigenvalue weighted by Crippen LogP contribution is -2.51. The molecule has 2 aromatic carbocycles. The number of amides is 2. The lowest BCUT2D eigenvalue weighted by molar-refractivity contribution is 0.114. The molecule has 2 aliphatic heterocycles. The highest BCUT2D eigenvalue weighted by atomic mass is 19.1. The number of fused-ring (bicyclic) bond motifs is 2. The van der Waals surface area contributed by atoms with Gasteiger partial charge in [0.15, 0.2) is 17.4 Å². The third kappa shape index (κ3) is 4.11. The van der Waals surface area contributed by atoms with Gasteiger partial charge in [0.05, 0.1) is 30.0 Å². The molecule has 192 valence electrons. The van der Waals surface area contributed by atoms with Crippen LogP contribution in [0.1, 0.15) is 30.8 Å². The average molecular weight is 504 g/mol. The molecule has 2 aromatic heterocycles. The Balaban J connectivity index is 1.21. The monoisotopic (exact) mass is 503 g/mol. The van der Waals surface area contributed by atoms with Crippen molar-refractivity contribution < 1.29 is 14.3 Å². The Morgan fingerprint density at radius 2 is 1.89 bits per heavy atom. The molecule has 0 atom stereocenters. The summed E-state index contributed by atoms with van der Waals surface area (Å²) in [4.78, 5) is 27.3. The number of likely N-dealkylation sites (N-methyl/N-ethyl adjacent to an activating group) is 1. The number of aromatic hydroxyl groups is 1. The van der Waals surface area contributed by atoms with Crippen LogP contribution in [0.3, 0.4) is 0 Å². The van der Waals surface area contributed by atoms with Gasteiger partial charge in [-0.1, -0.05) is 19.9 Å². The van der Waals surface area contributed by atoms with E-state index in [0.29, 0.717) is 31.0 Å². The predicted octanol–water partition coefficient (Wildman–Crippen LogP) is 4.10. The molecule has 0 saturated carbocycles. The van der Waals surface area contributed by atoms with Gasteiger partial charge in [-0.2, -0.15) is 5.10 Å². The second kappa shape index (κ2) is 9.19. The lowest BCUT2D eigenvalue weighted by atomic mass is 9.96. The fourth-order valence-corrected chi connectivity index (χ4v) is 5.37. The van der Waals surface area contributed by atoms with Gasteiger partial charge < -0.3 is 24.8 Å². The molecule has 37 heavy (non-hydrogen) atoms. The number of carbonyl (C=O) groups excluding carboxylic acids is 1. The standard InChI is InChI=1S/C27H30FN7O2/c1-3-16-12-24(36)20(28)13-19(16)17-5-6-18-21(11-17)31-32-25(18)26-29-22-14-35(15-23(22)30-26)27(37)34-9-7-33(4-2)8-10-34/h5-6,11-13,36H,3-4,7-10,14-15H2,1-2H3,(H,29,30)(H,31,32). The van der Waals surface area contributed by atoms with Gasteiger partial charge in [-0.3, -0.25) is 5.10 Å². The summed E-state index contributed by atoms with van der Waals surface area (Å²) in [6.07, 6.45) is 0.669. The molecule has 0 aliphatic carbocycles. The number of imidazole rings is 1. The number of rotatable bonds is 4. The number of hydrogen-bond acceptors (Lipinski definition) is 5. The Morgan fingerprint density at radius 3 is 2.62 bits per heavy atom. The Kier molecular flexibility index (Phi) is 5.83. The van der Waals surface area contributed by atoms with E-state index in [1.54, 1.807) is 0 Å². The number of urea groups is 1. The number of carbonyl (C=O) groups is 1. The number of phenols is 1. The highest BCUT2D eigenvalue weighted by Crippen LogP contribution is 2.34. The first kappa shape index (κ1) is 23.5. The maximum absolute atomic E-state index is 14.1.